The Kier molecular flexibility index (Phi) is 2.85. The van der Waals surface area contributed by atoms with Crippen LogP contribution < -0.4 is 0 Å². The van der Waals surface area contributed by atoms with Gasteiger partial charge in [-0.25, -0.2) is 4.79 Å². The lowest BCUT2D eigenvalue weighted by molar-refractivity contribution is -0.131. The van der Waals surface area contributed by atoms with Crippen LogP contribution in [0, 0.1) is 13.8 Å². The summed E-state index contributed by atoms with van der Waals surface area (Å²) in [5, 5.41) is 8.45. The minimum Gasteiger partial charge on any atom is -0.478 e. The molecule has 13 heavy (non-hydrogen) atoms. The van der Waals surface area contributed by atoms with E-state index in [0.717, 1.165) is 17.2 Å². The Bertz CT molecular complexity index is 351. The van der Waals surface area contributed by atoms with Crippen LogP contribution in [-0.4, -0.2) is 11.1 Å². The first-order valence-corrected chi connectivity index (χ1v) is 4.08. The quantitative estimate of drug-likeness (QED) is 0.702. The molecule has 0 bridgehead atoms. The monoisotopic (exact) mass is 176 g/mol. The van der Waals surface area contributed by atoms with Crippen LogP contribution in [0.2, 0.25) is 0 Å². The van der Waals surface area contributed by atoms with Gasteiger partial charge in [0.05, 0.1) is 0 Å². The van der Waals surface area contributed by atoms with Crippen molar-refractivity contribution in [1.82, 2.24) is 0 Å². The van der Waals surface area contributed by atoms with E-state index in [9.17, 15) is 4.79 Å². The maximum atomic E-state index is 10.3. The van der Waals surface area contributed by atoms with Crippen LogP contribution >= 0.6 is 0 Å². The molecule has 0 aliphatic rings. The lowest BCUT2D eigenvalue weighted by Gasteiger charge is -2.02. The molecule has 0 heterocycles. The van der Waals surface area contributed by atoms with Crippen LogP contribution in [0.1, 0.15) is 16.7 Å². The average Bonchev–Trinajstić information content (AvgIpc) is 2.07. The second-order valence-electron chi connectivity index (χ2n) is 2.96. The fraction of sp³-hybridized carbons (Fsp3) is 0.182. The van der Waals surface area contributed by atoms with Crippen LogP contribution in [0.15, 0.2) is 24.3 Å². The predicted molar refractivity (Wildman–Crippen MR) is 52.6 cm³/mol. The van der Waals surface area contributed by atoms with Crippen LogP contribution in [-0.2, 0) is 4.79 Å². The number of carboxylic acids is 1. The summed E-state index contributed by atoms with van der Waals surface area (Å²) in [7, 11) is 0. The molecule has 0 aliphatic carbocycles. The summed E-state index contributed by atoms with van der Waals surface area (Å²) in [6.07, 6.45) is 2.77. The first-order valence-electron chi connectivity index (χ1n) is 4.08. The van der Waals surface area contributed by atoms with E-state index in [-0.39, 0.29) is 0 Å². The summed E-state index contributed by atoms with van der Waals surface area (Å²) in [5.74, 6) is -0.916. The Hall–Kier alpha value is -1.57. The van der Waals surface area contributed by atoms with Gasteiger partial charge in [0.25, 0.3) is 0 Å². The Morgan fingerprint density at radius 1 is 1.38 bits per heavy atom. The largest absolute Gasteiger partial charge is 0.478 e. The molecule has 0 fully saturated rings. The van der Waals surface area contributed by atoms with E-state index in [1.54, 1.807) is 6.08 Å². The smallest absolute Gasteiger partial charge is 0.328 e. The lowest BCUT2D eigenvalue weighted by Crippen LogP contribution is -1.88. The second-order valence-corrected chi connectivity index (χ2v) is 2.96. The van der Waals surface area contributed by atoms with E-state index < -0.39 is 5.97 Å². The molecule has 0 atom stereocenters. The molecule has 0 aliphatic heterocycles. The fourth-order valence-electron chi connectivity index (χ4n) is 1.12. The topological polar surface area (TPSA) is 37.3 Å². The Morgan fingerprint density at radius 3 is 2.69 bits per heavy atom. The number of hydrogen-bond donors (Lipinski definition) is 1. The molecule has 0 spiro atoms. The first-order chi connectivity index (χ1) is 6.11. The number of rotatable bonds is 2. The van der Waals surface area contributed by atoms with Gasteiger partial charge in [0.1, 0.15) is 0 Å². The maximum Gasteiger partial charge on any atom is 0.328 e. The number of aryl methyl sites for hydroxylation is 1. The highest BCUT2D eigenvalue weighted by molar-refractivity contribution is 5.85. The molecule has 0 unspecified atom stereocenters. The fourth-order valence-corrected chi connectivity index (χ4v) is 1.12. The molecule has 1 aromatic rings. The Morgan fingerprint density at radius 2 is 2.08 bits per heavy atom. The summed E-state index contributed by atoms with van der Waals surface area (Å²) in [4.78, 5) is 10.3. The van der Waals surface area contributed by atoms with E-state index in [0.29, 0.717) is 0 Å². The zero-order chi connectivity index (χ0) is 9.84. The molecule has 2 heteroatoms. The van der Waals surface area contributed by atoms with Gasteiger partial charge in [0, 0.05) is 6.08 Å². The van der Waals surface area contributed by atoms with Crippen molar-refractivity contribution < 1.29 is 9.90 Å². The molecule has 1 aromatic carbocycles. The van der Waals surface area contributed by atoms with Crippen LogP contribution in [0.3, 0.4) is 0 Å². The molecule has 1 rings (SSSR count). The molecule has 68 valence electrons. The third kappa shape index (κ3) is 2.44. The molecule has 0 aromatic heterocycles. The highest BCUT2D eigenvalue weighted by atomic mass is 16.4. The van der Waals surface area contributed by atoms with Gasteiger partial charge in [-0.3, -0.25) is 0 Å². The van der Waals surface area contributed by atoms with E-state index in [1.807, 2.05) is 32.0 Å². The molecule has 0 saturated carbocycles. The summed E-state index contributed by atoms with van der Waals surface area (Å²) in [5.41, 5.74) is 3.26. The predicted octanol–water partition coefficient (Wildman–Crippen LogP) is 2.40. The number of hydrogen-bond acceptors (Lipinski definition) is 1. The molecule has 0 saturated heterocycles. The second kappa shape index (κ2) is 3.90. The van der Waals surface area contributed by atoms with Crippen molar-refractivity contribution in [3.8, 4) is 0 Å². The highest BCUT2D eigenvalue weighted by Crippen LogP contribution is 2.13. The average molecular weight is 176 g/mol. The van der Waals surface area contributed by atoms with Crippen molar-refractivity contribution in [2.45, 2.75) is 13.8 Å². The van der Waals surface area contributed by atoms with Crippen LogP contribution in [0.5, 0.6) is 0 Å². The van der Waals surface area contributed by atoms with Gasteiger partial charge in [-0.1, -0.05) is 18.2 Å². The van der Waals surface area contributed by atoms with Crippen molar-refractivity contribution in [2.24, 2.45) is 0 Å². The van der Waals surface area contributed by atoms with Gasteiger partial charge in [-0.15, -0.1) is 0 Å². The maximum absolute atomic E-state index is 10.3. The molecular weight excluding hydrogens is 164 g/mol. The van der Waals surface area contributed by atoms with Gasteiger partial charge in [-0.2, -0.15) is 0 Å². The molecule has 0 amide bonds. The standard InChI is InChI=1S/C11H12O2/c1-8-4-3-5-10(9(8)2)6-7-11(12)13/h3-7H,1-2H3,(H,12,13). The molecule has 1 N–H and O–H groups in total. The molecular formula is C11H12O2. The van der Waals surface area contributed by atoms with Crippen molar-refractivity contribution >= 4 is 12.0 Å². The van der Waals surface area contributed by atoms with Crippen LogP contribution in [0.25, 0.3) is 6.08 Å². The number of carboxylic acid groups (broad SMARTS) is 1. The van der Waals surface area contributed by atoms with E-state index in [1.165, 1.54) is 5.56 Å². The van der Waals surface area contributed by atoms with Crippen molar-refractivity contribution in [2.75, 3.05) is 0 Å². The van der Waals surface area contributed by atoms with E-state index >= 15 is 0 Å². The van der Waals surface area contributed by atoms with E-state index in [2.05, 4.69) is 0 Å². The minimum atomic E-state index is -0.916. The third-order valence-corrected chi connectivity index (χ3v) is 2.05. The number of aliphatic carboxylic acids is 1. The van der Waals surface area contributed by atoms with Gasteiger partial charge < -0.3 is 5.11 Å². The molecule has 2 nitrogen and oxygen atoms in total. The summed E-state index contributed by atoms with van der Waals surface area (Å²) < 4.78 is 0. The zero-order valence-electron chi connectivity index (χ0n) is 7.74. The van der Waals surface area contributed by atoms with Crippen molar-refractivity contribution in [1.29, 1.82) is 0 Å². The first kappa shape index (κ1) is 9.52. The third-order valence-electron chi connectivity index (χ3n) is 2.05. The number of benzene rings is 1. The van der Waals surface area contributed by atoms with Gasteiger partial charge in [-0.05, 0) is 36.6 Å². The van der Waals surface area contributed by atoms with Gasteiger partial charge in [0.2, 0.25) is 0 Å². The summed E-state index contributed by atoms with van der Waals surface area (Å²) >= 11 is 0. The SMILES string of the molecule is Cc1cccc(C=CC(=O)O)c1C. The van der Waals surface area contributed by atoms with Crippen LogP contribution in [0.4, 0.5) is 0 Å². The minimum absolute atomic E-state index is 0.916. The normalized spacial score (nSPS) is 10.6. The van der Waals surface area contributed by atoms with Crippen molar-refractivity contribution in [3.05, 3.63) is 41.0 Å². The van der Waals surface area contributed by atoms with Gasteiger partial charge >= 0.3 is 5.97 Å². The lowest BCUT2D eigenvalue weighted by atomic mass is 10.0. The highest BCUT2D eigenvalue weighted by Gasteiger charge is 1.96. The van der Waals surface area contributed by atoms with Gasteiger partial charge in [0.15, 0.2) is 0 Å². The summed E-state index contributed by atoms with van der Waals surface area (Å²) in [6, 6.07) is 5.83. The Labute approximate surface area is 77.5 Å². The summed E-state index contributed by atoms with van der Waals surface area (Å²) in [6.45, 7) is 3.99. The molecule has 0 radical (unpaired) electrons. The van der Waals surface area contributed by atoms with Crippen molar-refractivity contribution in [3.63, 3.8) is 0 Å². The number of carbonyl (C=O) groups is 1. The zero-order valence-corrected chi connectivity index (χ0v) is 7.74. The Balaban J connectivity index is 3.02. The van der Waals surface area contributed by atoms with E-state index in [4.69, 9.17) is 5.11 Å².